The Morgan fingerprint density at radius 2 is 2.19 bits per heavy atom. The lowest BCUT2D eigenvalue weighted by atomic mass is 10.1. The van der Waals surface area contributed by atoms with Crippen LogP contribution in [0.5, 0.6) is 5.75 Å². The third-order valence-electron chi connectivity index (χ3n) is 2.65. The van der Waals surface area contributed by atoms with Crippen LogP contribution in [0.3, 0.4) is 0 Å². The van der Waals surface area contributed by atoms with Crippen molar-refractivity contribution in [3.05, 3.63) is 29.8 Å². The molecule has 16 heavy (non-hydrogen) atoms. The van der Waals surface area contributed by atoms with Gasteiger partial charge in [0.1, 0.15) is 11.9 Å². The van der Waals surface area contributed by atoms with Gasteiger partial charge in [-0.05, 0) is 17.7 Å². The van der Waals surface area contributed by atoms with Crippen LogP contribution in [0, 0.1) is 11.3 Å². The zero-order valence-electron chi connectivity index (χ0n) is 9.19. The number of nitrogens with zero attached hydrogens (tertiary/aromatic N) is 1. The van der Waals surface area contributed by atoms with Crippen LogP contribution in [0.15, 0.2) is 24.3 Å². The number of ether oxygens (including phenoxy) is 2. The Hall–Kier alpha value is -1.53. The topological polar surface area (TPSA) is 42.2 Å². The van der Waals surface area contributed by atoms with Crippen molar-refractivity contribution < 1.29 is 9.47 Å². The van der Waals surface area contributed by atoms with Crippen LogP contribution in [0.4, 0.5) is 0 Å². The first kappa shape index (κ1) is 11.0. The van der Waals surface area contributed by atoms with E-state index in [1.54, 1.807) is 0 Å². The molecule has 3 nitrogen and oxygen atoms in total. The summed E-state index contributed by atoms with van der Waals surface area (Å²) in [7, 11) is 0. The van der Waals surface area contributed by atoms with Crippen LogP contribution < -0.4 is 4.74 Å². The molecular formula is C13H15NO2. The van der Waals surface area contributed by atoms with Crippen molar-refractivity contribution in [1.82, 2.24) is 0 Å². The molecule has 0 saturated carbocycles. The van der Waals surface area contributed by atoms with Gasteiger partial charge in [0.25, 0.3) is 0 Å². The van der Waals surface area contributed by atoms with Gasteiger partial charge in [-0.25, -0.2) is 0 Å². The lowest BCUT2D eigenvalue weighted by Gasteiger charge is -2.23. The van der Waals surface area contributed by atoms with Gasteiger partial charge in [-0.3, -0.25) is 0 Å². The van der Waals surface area contributed by atoms with Gasteiger partial charge < -0.3 is 9.47 Å². The number of hydrogen-bond donors (Lipinski definition) is 0. The first-order chi connectivity index (χ1) is 7.88. The average Bonchev–Trinajstić information content (AvgIpc) is 2.31. The lowest BCUT2D eigenvalue weighted by Crippen LogP contribution is -2.25. The molecule has 0 unspecified atom stereocenters. The van der Waals surface area contributed by atoms with Crippen LogP contribution in [0.25, 0.3) is 0 Å². The van der Waals surface area contributed by atoms with Gasteiger partial charge in [0, 0.05) is 12.8 Å². The van der Waals surface area contributed by atoms with Crippen molar-refractivity contribution >= 4 is 0 Å². The highest BCUT2D eigenvalue weighted by atomic mass is 16.5. The van der Waals surface area contributed by atoms with E-state index in [0.717, 1.165) is 37.4 Å². The Bertz CT molecular complexity index is 378. The van der Waals surface area contributed by atoms with Crippen LogP contribution in [-0.2, 0) is 11.2 Å². The molecule has 1 aromatic carbocycles. The molecule has 1 aliphatic heterocycles. The number of hydrogen-bond acceptors (Lipinski definition) is 3. The van der Waals surface area contributed by atoms with E-state index in [2.05, 4.69) is 6.07 Å². The Morgan fingerprint density at radius 3 is 2.94 bits per heavy atom. The summed E-state index contributed by atoms with van der Waals surface area (Å²) in [5.41, 5.74) is 1.01. The molecule has 1 aromatic rings. The number of rotatable bonds is 3. The van der Waals surface area contributed by atoms with E-state index in [-0.39, 0.29) is 6.10 Å². The highest BCUT2D eigenvalue weighted by Gasteiger charge is 2.15. The summed E-state index contributed by atoms with van der Waals surface area (Å²) in [6.07, 6.45) is 2.58. The Balaban J connectivity index is 1.97. The second-order valence-corrected chi connectivity index (χ2v) is 3.91. The fourth-order valence-electron chi connectivity index (χ4n) is 1.81. The third kappa shape index (κ3) is 2.98. The molecule has 1 heterocycles. The minimum absolute atomic E-state index is 0.256. The second-order valence-electron chi connectivity index (χ2n) is 3.91. The first-order valence-electron chi connectivity index (χ1n) is 5.59. The highest BCUT2D eigenvalue weighted by molar-refractivity contribution is 5.30. The highest BCUT2D eigenvalue weighted by Crippen LogP contribution is 2.19. The molecular weight excluding hydrogens is 202 g/mol. The van der Waals surface area contributed by atoms with Gasteiger partial charge >= 0.3 is 0 Å². The minimum Gasteiger partial charge on any atom is -0.490 e. The van der Waals surface area contributed by atoms with E-state index in [9.17, 15) is 0 Å². The van der Waals surface area contributed by atoms with Crippen LogP contribution in [0.1, 0.15) is 18.4 Å². The Morgan fingerprint density at radius 1 is 1.38 bits per heavy atom. The van der Waals surface area contributed by atoms with E-state index >= 15 is 0 Å². The van der Waals surface area contributed by atoms with E-state index in [4.69, 9.17) is 14.7 Å². The van der Waals surface area contributed by atoms with E-state index in [1.165, 1.54) is 0 Å². The molecule has 0 amide bonds. The quantitative estimate of drug-likeness (QED) is 0.780. The van der Waals surface area contributed by atoms with Crippen LogP contribution in [0.2, 0.25) is 0 Å². The number of nitriles is 1. The molecule has 0 atom stereocenters. The van der Waals surface area contributed by atoms with Gasteiger partial charge in [-0.2, -0.15) is 5.26 Å². The fourth-order valence-corrected chi connectivity index (χ4v) is 1.81. The van der Waals surface area contributed by atoms with Crippen LogP contribution >= 0.6 is 0 Å². The van der Waals surface area contributed by atoms with Crippen molar-refractivity contribution in [3.63, 3.8) is 0 Å². The molecule has 84 valence electrons. The van der Waals surface area contributed by atoms with E-state index in [0.29, 0.717) is 6.42 Å². The molecule has 3 heteroatoms. The summed E-state index contributed by atoms with van der Waals surface area (Å²) in [6.45, 7) is 1.56. The maximum Gasteiger partial charge on any atom is 0.120 e. The second kappa shape index (κ2) is 5.53. The van der Waals surface area contributed by atoms with Crippen molar-refractivity contribution in [2.24, 2.45) is 0 Å². The zero-order valence-corrected chi connectivity index (χ0v) is 9.19. The maximum absolute atomic E-state index is 8.62. The molecule has 2 rings (SSSR count). The fraction of sp³-hybridized carbons (Fsp3) is 0.462. The Labute approximate surface area is 95.6 Å². The monoisotopic (exact) mass is 217 g/mol. The van der Waals surface area contributed by atoms with Crippen molar-refractivity contribution in [3.8, 4) is 11.8 Å². The zero-order chi connectivity index (χ0) is 11.2. The normalized spacial score (nSPS) is 16.7. The van der Waals surface area contributed by atoms with Crippen molar-refractivity contribution in [2.45, 2.75) is 25.4 Å². The van der Waals surface area contributed by atoms with Crippen molar-refractivity contribution in [1.29, 1.82) is 5.26 Å². The average molecular weight is 217 g/mol. The molecule has 1 saturated heterocycles. The molecule has 0 spiro atoms. The molecule has 0 N–H and O–H groups in total. The SMILES string of the molecule is N#CCc1cccc(OC2CCOCC2)c1. The summed E-state index contributed by atoms with van der Waals surface area (Å²) < 4.78 is 11.1. The van der Waals surface area contributed by atoms with Gasteiger partial charge in [0.15, 0.2) is 0 Å². The van der Waals surface area contributed by atoms with Gasteiger partial charge in [0.05, 0.1) is 25.7 Å². The number of benzene rings is 1. The summed E-state index contributed by atoms with van der Waals surface area (Å²) in [6, 6.07) is 9.90. The molecule has 0 bridgehead atoms. The third-order valence-corrected chi connectivity index (χ3v) is 2.65. The summed E-state index contributed by atoms with van der Waals surface area (Å²) in [5.74, 6) is 0.861. The van der Waals surface area contributed by atoms with Gasteiger partial charge in [-0.1, -0.05) is 12.1 Å². The standard InChI is InChI=1S/C13H15NO2/c14-7-4-11-2-1-3-13(10-11)16-12-5-8-15-9-6-12/h1-3,10,12H,4-6,8-9H2. The maximum atomic E-state index is 8.62. The van der Waals surface area contributed by atoms with E-state index in [1.807, 2.05) is 24.3 Å². The summed E-state index contributed by atoms with van der Waals surface area (Å²) in [4.78, 5) is 0. The minimum atomic E-state index is 0.256. The summed E-state index contributed by atoms with van der Waals surface area (Å²) in [5, 5.41) is 8.62. The summed E-state index contributed by atoms with van der Waals surface area (Å²) >= 11 is 0. The first-order valence-corrected chi connectivity index (χ1v) is 5.59. The molecule has 0 aromatic heterocycles. The van der Waals surface area contributed by atoms with Crippen molar-refractivity contribution in [2.75, 3.05) is 13.2 Å². The predicted octanol–water partition coefficient (Wildman–Crippen LogP) is 2.31. The van der Waals surface area contributed by atoms with Gasteiger partial charge in [-0.15, -0.1) is 0 Å². The smallest absolute Gasteiger partial charge is 0.120 e. The molecule has 0 radical (unpaired) electrons. The molecule has 0 aliphatic carbocycles. The largest absolute Gasteiger partial charge is 0.490 e. The Kier molecular flexibility index (Phi) is 3.79. The van der Waals surface area contributed by atoms with Gasteiger partial charge in [0.2, 0.25) is 0 Å². The molecule has 1 aliphatic rings. The van der Waals surface area contributed by atoms with E-state index < -0.39 is 0 Å². The van der Waals surface area contributed by atoms with Crippen LogP contribution in [-0.4, -0.2) is 19.3 Å². The molecule has 1 fully saturated rings. The lowest BCUT2D eigenvalue weighted by molar-refractivity contribution is 0.0255. The predicted molar refractivity (Wildman–Crippen MR) is 60.2 cm³/mol.